The van der Waals surface area contributed by atoms with Crippen molar-refractivity contribution in [3.63, 3.8) is 0 Å². The summed E-state index contributed by atoms with van der Waals surface area (Å²) in [6.07, 6.45) is 1.62. The highest BCUT2D eigenvalue weighted by Crippen LogP contribution is 2.25. The Morgan fingerprint density at radius 3 is 2.77 bits per heavy atom. The SMILES string of the molecule is Cc1ccccc1CNC(=O)C1CCCN(c2nc3ccsc3c(=O)n2Cc2ccc(F)cc2)C1. The van der Waals surface area contributed by atoms with Crippen molar-refractivity contribution in [1.29, 1.82) is 0 Å². The van der Waals surface area contributed by atoms with Crippen LogP contribution >= 0.6 is 11.3 Å². The Labute approximate surface area is 207 Å². The molecule has 1 atom stereocenters. The number of thiophene rings is 1. The van der Waals surface area contributed by atoms with E-state index < -0.39 is 0 Å². The zero-order valence-electron chi connectivity index (χ0n) is 19.5. The summed E-state index contributed by atoms with van der Waals surface area (Å²) < 4.78 is 15.7. The summed E-state index contributed by atoms with van der Waals surface area (Å²) in [7, 11) is 0. The van der Waals surface area contributed by atoms with Crippen molar-refractivity contribution in [1.82, 2.24) is 14.9 Å². The van der Waals surface area contributed by atoms with Crippen molar-refractivity contribution in [3.05, 3.63) is 92.8 Å². The average molecular weight is 491 g/mol. The van der Waals surface area contributed by atoms with E-state index in [2.05, 4.69) is 5.32 Å². The molecule has 180 valence electrons. The maximum Gasteiger partial charge on any atom is 0.273 e. The van der Waals surface area contributed by atoms with Gasteiger partial charge in [-0.05, 0) is 60.0 Å². The number of nitrogens with one attached hydrogen (secondary N) is 1. The summed E-state index contributed by atoms with van der Waals surface area (Å²) in [5.41, 5.74) is 3.62. The van der Waals surface area contributed by atoms with Crippen LogP contribution in [0.5, 0.6) is 0 Å². The lowest BCUT2D eigenvalue weighted by Gasteiger charge is -2.34. The number of aryl methyl sites for hydroxylation is 1. The number of rotatable bonds is 6. The summed E-state index contributed by atoms with van der Waals surface area (Å²) in [5.74, 6) is 0.0643. The minimum atomic E-state index is -0.316. The van der Waals surface area contributed by atoms with Gasteiger partial charge in [0.15, 0.2) is 0 Å². The Hall–Kier alpha value is -3.52. The Kier molecular flexibility index (Phi) is 6.63. The molecule has 1 aliphatic rings. The van der Waals surface area contributed by atoms with Crippen LogP contribution in [0.3, 0.4) is 0 Å². The number of fused-ring (bicyclic) bond motifs is 1. The second-order valence-corrected chi connectivity index (χ2v) is 9.91. The van der Waals surface area contributed by atoms with E-state index in [-0.39, 0.29) is 29.7 Å². The summed E-state index contributed by atoms with van der Waals surface area (Å²) in [6, 6.07) is 16.0. The molecule has 4 aromatic rings. The smallest absolute Gasteiger partial charge is 0.273 e. The normalized spacial score (nSPS) is 15.9. The molecule has 0 aliphatic carbocycles. The Morgan fingerprint density at radius 1 is 1.17 bits per heavy atom. The van der Waals surface area contributed by atoms with Crippen molar-refractivity contribution in [2.24, 2.45) is 5.92 Å². The number of benzene rings is 2. The van der Waals surface area contributed by atoms with Gasteiger partial charge in [0.25, 0.3) is 5.56 Å². The van der Waals surface area contributed by atoms with E-state index >= 15 is 0 Å². The van der Waals surface area contributed by atoms with Gasteiger partial charge in [-0.3, -0.25) is 14.2 Å². The molecule has 3 heterocycles. The van der Waals surface area contributed by atoms with Crippen LogP contribution in [0.1, 0.15) is 29.5 Å². The van der Waals surface area contributed by atoms with Crippen molar-refractivity contribution >= 4 is 33.4 Å². The van der Waals surface area contributed by atoms with Crippen LogP contribution in [0, 0.1) is 18.7 Å². The number of nitrogens with zero attached hydrogens (tertiary/aromatic N) is 3. The van der Waals surface area contributed by atoms with E-state index in [0.717, 1.165) is 29.5 Å². The van der Waals surface area contributed by atoms with Gasteiger partial charge in [0.2, 0.25) is 11.9 Å². The van der Waals surface area contributed by atoms with Gasteiger partial charge in [0, 0.05) is 19.6 Å². The number of hydrogen-bond donors (Lipinski definition) is 1. The molecule has 1 saturated heterocycles. The molecule has 0 bridgehead atoms. The monoisotopic (exact) mass is 490 g/mol. The van der Waals surface area contributed by atoms with Crippen LogP contribution in [0.25, 0.3) is 10.2 Å². The maximum absolute atomic E-state index is 13.4. The molecule has 8 heteroatoms. The molecule has 1 amide bonds. The topological polar surface area (TPSA) is 67.2 Å². The lowest BCUT2D eigenvalue weighted by molar-refractivity contribution is -0.125. The molecule has 2 aromatic carbocycles. The molecule has 2 aromatic heterocycles. The molecule has 0 spiro atoms. The third-order valence-electron chi connectivity index (χ3n) is 6.59. The molecule has 5 rings (SSSR count). The Balaban J connectivity index is 1.39. The number of carbonyl (C=O) groups is 1. The van der Waals surface area contributed by atoms with Crippen molar-refractivity contribution < 1.29 is 9.18 Å². The van der Waals surface area contributed by atoms with Crippen LogP contribution < -0.4 is 15.8 Å². The number of hydrogen-bond acceptors (Lipinski definition) is 5. The fourth-order valence-electron chi connectivity index (χ4n) is 4.60. The van der Waals surface area contributed by atoms with E-state index in [1.807, 2.05) is 47.5 Å². The van der Waals surface area contributed by atoms with Crippen LogP contribution in [-0.2, 0) is 17.9 Å². The maximum atomic E-state index is 13.4. The van der Waals surface area contributed by atoms with Gasteiger partial charge in [0.1, 0.15) is 10.5 Å². The summed E-state index contributed by atoms with van der Waals surface area (Å²) >= 11 is 1.37. The van der Waals surface area contributed by atoms with Gasteiger partial charge in [-0.15, -0.1) is 11.3 Å². The lowest BCUT2D eigenvalue weighted by Crippen LogP contribution is -2.45. The second-order valence-electron chi connectivity index (χ2n) is 8.99. The van der Waals surface area contributed by atoms with E-state index in [1.54, 1.807) is 16.7 Å². The van der Waals surface area contributed by atoms with Crippen LogP contribution in [-0.4, -0.2) is 28.5 Å². The summed E-state index contributed by atoms with van der Waals surface area (Å²) in [4.78, 5) is 33.3. The largest absolute Gasteiger partial charge is 0.352 e. The Morgan fingerprint density at radius 2 is 1.97 bits per heavy atom. The zero-order valence-corrected chi connectivity index (χ0v) is 20.4. The number of aromatic nitrogens is 2. The lowest BCUT2D eigenvalue weighted by atomic mass is 9.97. The molecule has 1 fully saturated rings. The zero-order chi connectivity index (χ0) is 24.4. The van der Waals surface area contributed by atoms with Crippen LogP contribution in [0.4, 0.5) is 10.3 Å². The first-order chi connectivity index (χ1) is 17.0. The molecule has 0 radical (unpaired) electrons. The first-order valence-electron chi connectivity index (χ1n) is 11.8. The number of piperidine rings is 1. The standard InChI is InChI=1S/C27H27FN4O2S/c1-18-5-2-3-6-20(18)15-29-25(33)21-7-4-13-31(17-21)27-30-23-12-14-35-24(23)26(34)32(27)16-19-8-10-22(28)11-9-19/h2-3,5-6,8-12,14,21H,4,7,13,15-17H2,1H3,(H,29,33). The Bertz CT molecular complexity index is 1410. The predicted molar refractivity (Wildman–Crippen MR) is 137 cm³/mol. The number of halogens is 1. The molecule has 1 unspecified atom stereocenters. The molecular weight excluding hydrogens is 463 g/mol. The quantitative estimate of drug-likeness (QED) is 0.433. The minimum Gasteiger partial charge on any atom is -0.352 e. The highest BCUT2D eigenvalue weighted by Gasteiger charge is 2.29. The third kappa shape index (κ3) is 4.98. The fourth-order valence-corrected chi connectivity index (χ4v) is 5.37. The molecular formula is C27H27FN4O2S. The summed E-state index contributed by atoms with van der Waals surface area (Å²) in [6.45, 7) is 4.03. The number of anilines is 1. The third-order valence-corrected chi connectivity index (χ3v) is 7.48. The van der Waals surface area contributed by atoms with Gasteiger partial charge in [-0.25, -0.2) is 9.37 Å². The summed E-state index contributed by atoms with van der Waals surface area (Å²) in [5, 5.41) is 4.95. The van der Waals surface area contributed by atoms with E-state index in [4.69, 9.17) is 4.98 Å². The first-order valence-corrected chi connectivity index (χ1v) is 12.7. The highest BCUT2D eigenvalue weighted by atomic mass is 32.1. The molecule has 6 nitrogen and oxygen atoms in total. The van der Waals surface area contributed by atoms with E-state index in [9.17, 15) is 14.0 Å². The number of amides is 1. The van der Waals surface area contributed by atoms with Crippen molar-refractivity contribution in [2.75, 3.05) is 18.0 Å². The molecule has 1 aliphatic heterocycles. The highest BCUT2D eigenvalue weighted by molar-refractivity contribution is 7.17. The van der Waals surface area contributed by atoms with Gasteiger partial charge in [-0.1, -0.05) is 36.4 Å². The molecule has 0 saturated carbocycles. The predicted octanol–water partition coefficient (Wildman–Crippen LogP) is 4.49. The average Bonchev–Trinajstić information content (AvgIpc) is 3.35. The van der Waals surface area contributed by atoms with Gasteiger partial charge < -0.3 is 10.2 Å². The second kappa shape index (κ2) is 10.00. The van der Waals surface area contributed by atoms with E-state index in [1.165, 1.54) is 23.5 Å². The minimum absolute atomic E-state index is 0.0157. The van der Waals surface area contributed by atoms with Crippen molar-refractivity contribution in [3.8, 4) is 0 Å². The first kappa shape index (κ1) is 23.2. The fraction of sp³-hybridized carbons (Fsp3) is 0.296. The number of carbonyl (C=O) groups excluding carboxylic acids is 1. The van der Waals surface area contributed by atoms with Gasteiger partial charge >= 0.3 is 0 Å². The molecule has 1 N–H and O–H groups in total. The molecule has 35 heavy (non-hydrogen) atoms. The van der Waals surface area contributed by atoms with Crippen LogP contribution in [0.2, 0.25) is 0 Å². The van der Waals surface area contributed by atoms with Crippen LogP contribution in [0.15, 0.2) is 64.8 Å². The van der Waals surface area contributed by atoms with Gasteiger partial charge in [-0.2, -0.15) is 0 Å². The van der Waals surface area contributed by atoms with Gasteiger partial charge in [0.05, 0.1) is 18.0 Å². The van der Waals surface area contributed by atoms with E-state index in [0.29, 0.717) is 35.8 Å². The van der Waals surface area contributed by atoms with Crippen molar-refractivity contribution in [2.45, 2.75) is 32.9 Å².